The van der Waals surface area contributed by atoms with Crippen LogP contribution in [0.3, 0.4) is 0 Å². The van der Waals surface area contributed by atoms with Crippen molar-refractivity contribution < 1.29 is 24.5 Å². The first kappa shape index (κ1) is 28.4. The summed E-state index contributed by atoms with van der Waals surface area (Å²) >= 11 is 0. The Morgan fingerprint density at radius 1 is 1.00 bits per heavy atom. The zero-order valence-corrected chi connectivity index (χ0v) is 21.0. The zero-order valence-electron chi connectivity index (χ0n) is 21.0. The van der Waals surface area contributed by atoms with Crippen LogP contribution in [-0.4, -0.2) is 47.3 Å². The van der Waals surface area contributed by atoms with E-state index in [1.807, 2.05) is 65.0 Å². The number of carbonyl (C=O) groups is 1. The smallest absolute Gasteiger partial charge is 0.407 e. The van der Waals surface area contributed by atoms with Crippen molar-refractivity contribution in [2.75, 3.05) is 13.2 Å². The second-order valence-corrected chi connectivity index (χ2v) is 10.5. The first-order chi connectivity index (χ1) is 14.9. The second-order valence-electron chi connectivity index (χ2n) is 10.5. The predicted octanol–water partition coefficient (Wildman–Crippen LogP) is 4.77. The summed E-state index contributed by atoms with van der Waals surface area (Å²) in [6.07, 6.45) is -0.362. The fourth-order valence-corrected chi connectivity index (χ4v) is 3.56. The van der Waals surface area contributed by atoms with Crippen molar-refractivity contribution >= 4 is 6.09 Å². The lowest BCUT2D eigenvalue weighted by Crippen LogP contribution is -2.48. The van der Waals surface area contributed by atoms with Crippen molar-refractivity contribution in [3.8, 4) is 0 Å². The molecule has 0 radical (unpaired) electrons. The van der Waals surface area contributed by atoms with Crippen LogP contribution >= 0.6 is 0 Å². The van der Waals surface area contributed by atoms with Gasteiger partial charge in [0.1, 0.15) is 5.60 Å². The summed E-state index contributed by atoms with van der Waals surface area (Å²) in [5.41, 5.74) is 0.488. The van der Waals surface area contributed by atoms with E-state index < -0.39 is 23.8 Å². The molecule has 0 spiro atoms. The van der Waals surface area contributed by atoms with Gasteiger partial charge in [0.25, 0.3) is 0 Å². The van der Waals surface area contributed by atoms with Gasteiger partial charge in [-0.3, -0.25) is 0 Å². The molecule has 0 aromatic heterocycles. The summed E-state index contributed by atoms with van der Waals surface area (Å²) < 4.78 is 11.4. The molecule has 1 amide bonds. The van der Waals surface area contributed by atoms with E-state index in [-0.39, 0.29) is 24.4 Å². The Bertz CT molecular complexity index is 641. The number of rotatable bonds is 13. The Balaban J connectivity index is 2.81. The molecule has 1 rings (SSSR count). The molecule has 0 heterocycles. The van der Waals surface area contributed by atoms with Crippen molar-refractivity contribution in [2.24, 2.45) is 23.7 Å². The van der Waals surface area contributed by atoms with Crippen LogP contribution in [0.5, 0.6) is 0 Å². The number of nitrogens with one attached hydrogen (secondary N) is 1. The number of alkyl carbamates (subject to hydrolysis) is 1. The summed E-state index contributed by atoms with van der Waals surface area (Å²) in [6, 6.07) is 9.50. The average Bonchev–Trinajstić information content (AvgIpc) is 2.69. The minimum absolute atomic E-state index is 0.00464. The number of aliphatic hydroxyl groups is 2. The molecule has 1 aromatic carbocycles. The molecule has 6 nitrogen and oxygen atoms in total. The van der Waals surface area contributed by atoms with Crippen molar-refractivity contribution in [3.63, 3.8) is 0 Å². The third-order valence-electron chi connectivity index (χ3n) is 5.83. The van der Waals surface area contributed by atoms with Gasteiger partial charge in [-0.2, -0.15) is 0 Å². The Kier molecular flexibility index (Phi) is 12.3. The molecule has 3 N–H and O–H groups in total. The van der Waals surface area contributed by atoms with Crippen LogP contribution in [0.4, 0.5) is 4.79 Å². The van der Waals surface area contributed by atoms with E-state index in [4.69, 9.17) is 9.47 Å². The SMILES string of the molecule is CC(C)C(CO)C[C@H](NC(=O)OC(C)(C)C)[C@@H](O)C[C@H](COCc1ccccc1)C(C)C. The van der Waals surface area contributed by atoms with E-state index in [9.17, 15) is 15.0 Å². The van der Waals surface area contributed by atoms with Gasteiger partial charge in [-0.1, -0.05) is 58.0 Å². The molecule has 1 aromatic rings. The highest BCUT2D eigenvalue weighted by atomic mass is 16.6. The van der Waals surface area contributed by atoms with Crippen molar-refractivity contribution in [1.29, 1.82) is 0 Å². The van der Waals surface area contributed by atoms with Crippen LogP contribution in [0.15, 0.2) is 30.3 Å². The lowest BCUT2D eigenvalue weighted by atomic mass is 9.84. The third kappa shape index (κ3) is 11.3. The Hall–Kier alpha value is -1.63. The lowest BCUT2D eigenvalue weighted by Gasteiger charge is -2.32. The van der Waals surface area contributed by atoms with Gasteiger partial charge in [0, 0.05) is 6.61 Å². The van der Waals surface area contributed by atoms with E-state index in [2.05, 4.69) is 19.2 Å². The van der Waals surface area contributed by atoms with Crippen LogP contribution in [0.25, 0.3) is 0 Å². The van der Waals surface area contributed by atoms with Crippen molar-refractivity contribution in [1.82, 2.24) is 5.32 Å². The Morgan fingerprint density at radius 3 is 2.09 bits per heavy atom. The molecule has 0 aliphatic carbocycles. The van der Waals surface area contributed by atoms with Crippen LogP contribution in [0, 0.1) is 23.7 Å². The van der Waals surface area contributed by atoms with Crippen molar-refractivity contribution in [3.05, 3.63) is 35.9 Å². The Morgan fingerprint density at radius 2 is 1.59 bits per heavy atom. The second kappa shape index (κ2) is 13.8. The number of benzene rings is 1. The monoisotopic (exact) mass is 451 g/mol. The summed E-state index contributed by atoms with van der Waals surface area (Å²) in [5, 5.41) is 23.8. The standard InChI is InChI=1S/C26H45NO5/c1-18(2)21(15-28)13-23(27-25(30)32-26(5,6)7)24(29)14-22(19(3)4)17-31-16-20-11-9-8-10-12-20/h8-12,18-19,21-24,28-29H,13-17H2,1-7H3,(H,27,30)/t21?,22-,23+,24+/m1/s1. The molecule has 1 unspecified atom stereocenters. The van der Waals surface area contributed by atoms with E-state index in [1.54, 1.807) is 0 Å². The highest BCUT2D eigenvalue weighted by molar-refractivity contribution is 5.68. The molecule has 0 saturated carbocycles. The molecular weight excluding hydrogens is 406 g/mol. The number of hydrogen-bond acceptors (Lipinski definition) is 5. The number of amides is 1. The quantitative estimate of drug-likeness (QED) is 0.402. The first-order valence-corrected chi connectivity index (χ1v) is 11.8. The van der Waals surface area contributed by atoms with E-state index in [0.29, 0.717) is 32.0 Å². The number of aliphatic hydroxyl groups excluding tert-OH is 2. The van der Waals surface area contributed by atoms with Gasteiger partial charge in [0.2, 0.25) is 0 Å². The average molecular weight is 452 g/mol. The normalized spacial score (nSPS) is 16.0. The van der Waals surface area contributed by atoms with Crippen LogP contribution in [0.1, 0.15) is 66.9 Å². The number of carbonyl (C=O) groups excluding carboxylic acids is 1. The first-order valence-electron chi connectivity index (χ1n) is 11.8. The van der Waals surface area contributed by atoms with Gasteiger partial charge in [0.05, 0.1) is 25.4 Å². The number of hydrogen-bond donors (Lipinski definition) is 3. The van der Waals surface area contributed by atoms with Crippen LogP contribution < -0.4 is 5.32 Å². The van der Waals surface area contributed by atoms with Crippen LogP contribution in [-0.2, 0) is 16.1 Å². The van der Waals surface area contributed by atoms with E-state index in [1.165, 1.54) is 0 Å². The molecule has 0 bridgehead atoms. The maximum Gasteiger partial charge on any atom is 0.407 e. The molecule has 32 heavy (non-hydrogen) atoms. The summed E-state index contributed by atoms with van der Waals surface area (Å²) in [5.74, 6) is 0.631. The minimum atomic E-state index is -0.775. The molecule has 184 valence electrons. The minimum Gasteiger partial charge on any atom is -0.444 e. The topological polar surface area (TPSA) is 88.0 Å². The predicted molar refractivity (Wildman–Crippen MR) is 128 cm³/mol. The highest BCUT2D eigenvalue weighted by Gasteiger charge is 2.30. The largest absolute Gasteiger partial charge is 0.444 e. The zero-order chi connectivity index (χ0) is 24.3. The highest BCUT2D eigenvalue weighted by Crippen LogP contribution is 2.24. The Labute approximate surface area is 194 Å². The van der Waals surface area contributed by atoms with Gasteiger partial charge in [-0.05, 0) is 62.8 Å². The van der Waals surface area contributed by atoms with Crippen LogP contribution in [0.2, 0.25) is 0 Å². The van der Waals surface area contributed by atoms with E-state index in [0.717, 1.165) is 5.56 Å². The summed E-state index contributed by atoms with van der Waals surface area (Å²) in [6.45, 7) is 14.8. The molecule has 6 heteroatoms. The number of ether oxygens (including phenoxy) is 2. The molecule has 0 aliphatic heterocycles. The molecule has 0 saturated heterocycles. The maximum atomic E-state index is 12.4. The lowest BCUT2D eigenvalue weighted by molar-refractivity contribution is 0.0151. The van der Waals surface area contributed by atoms with Crippen molar-refractivity contribution in [2.45, 2.75) is 85.7 Å². The van der Waals surface area contributed by atoms with Gasteiger partial charge >= 0.3 is 6.09 Å². The van der Waals surface area contributed by atoms with Gasteiger partial charge in [0.15, 0.2) is 0 Å². The van der Waals surface area contributed by atoms with Gasteiger partial charge < -0.3 is 25.0 Å². The molecule has 4 atom stereocenters. The maximum absolute atomic E-state index is 12.4. The summed E-state index contributed by atoms with van der Waals surface area (Å²) in [4.78, 5) is 12.4. The van der Waals surface area contributed by atoms with Gasteiger partial charge in [-0.15, -0.1) is 0 Å². The van der Waals surface area contributed by atoms with E-state index >= 15 is 0 Å². The fraction of sp³-hybridized carbons (Fsp3) is 0.731. The third-order valence-corrected chi connectivity index (χ3v) is 5.83. The molecular formula is C26H45NO5. The fourth-order valence-electron chi connectivity index (χ4n) is 3.56. The molecule has 0 fully saturated rings. The summed E-state index contributed by atoms with van der Waals surface area (Å²) in [7, 11) is 0. The van der Waals surface area contributed by atoms with Gasteiger partial charge in [-0.25, -0.2) is 4.79 Å². The molecule has 0 aliphatic rings.